The molecule has 106 valence electrons. The van der Waals surface area contributed by atoms with Crippen LogP contribution in [0.25, 0.3) is 0 Å². The van der Waals surface area contributed by atoms with Gasteiger partial charge in [0.1, 0.15) is 0 Å². The summed E-state index contributed by atoms with van der Waals surface area (Å²) < 4.78 is 4.79. The maximum atomic E-state index is 11.3. The number of hydrogen-bond donors (Lipinski definition) is 3. The molecule has 0 rings (SSSR count). The number of nitrogens with one attached hydrogen (secondary N) is 2. The second-order valence-electron chi connectivity index (χ2n) is 5.43. The molecule has 0 fully saturated rings. The average Bonchev–Trinajstić information content (AvgIpc) is 2.22. The van der Waals surface area contributed by atoms with Gasteiger partial charge in [-0.1, -0.05) is 20.8 Å². The second kappa shape index (κ2) is 7.92. The summed E-state index contributed by atoms with van der Waals surface area (Å²) in [6, 6.07) is -0.368. The quantitative estimate of drug-likeness (QED) is 0.597. The van der Waals surface area contributed by atoms with Gasteiger partial charge < -0.3 is 20.5 Å². The minimum Gasteiger partial charge on any atom is -0.481 e. The highest BCUT2D eigenvalue weighted by Gasteiger charge is 2.24. The van der Waals surface area contributed by atoms with E-state index in [9.17, 15) is 9.59 Å². The van der Waals surface area contributed by atoms with Gasteiger partial charge in [0.15, 0.2) is 0 Å². The number of urea groups is 1. The lowest BCUT2D eigenvalue weighted by atomic mass is 9.84. The van der Waals surface area contributed by atoms with E-state index in [-0.39, 0.29) is 18.0 Å². The van der Waals surface area contributed by atoms with Gasteiger partial charge in [-0.2, -0.15) is 0 Å². The van der Waals surface area contributed by atoms with Crippen LogP contribution in [-0.2, 0) is 9.53 Å². The topological polar surface area (TPSA) is 87.7 Å². The third kappa shape index (κ3) is 8.81. The minimum absolute atomic E-state index is 0.0860. The van der Waals surface area contributed by atoms with Gasteiger partial charge in [-0.15, -0.1) is 0 Å². The fourth-order valence-electron chi connectivity index (χ4n) is 1.53. The van der Waals surface area contributed by atoms with Crippen molar-refractivity contribution in [2.75, 3.05) is 26.8 Å². The van der Waals surface area contributed by atoms with Gasteiger partial charge in [-0.3, -0.25) is 4.79 Å². The molecule has 1 unspecified atom stereocenters. The highest BCUT2D eigenvalue weighted by Crippen LogP contribution is 2.24. The number of ether oxygens (including phenoxy) is 1. The number of hydrogen-bond acceptors (Lipinski definition) is 3. The van der Waals surface area contributed by atoms with E-state index in [1.807, 2.05) is 20.8 Å². The highest BCUT2D eigenvalue weighted by atomic mass is 16.5. The van der Waals surface area contributed by atoms with Crippen molar-refractivity contribution in [2.45, 2.75) is 27.2 Å². The average molecular weight is 260 g/mol. The van der Waals surface area contributed by atoms with Gasteiger partial charge >= 0.3 is 12.0 Å². The Balaban J connectivity index is 4.04. The number of amides is 2. The van der Waals surface area contributed by atoms with Gasteiger partial charge in [0, 0.05) is 20.2 Å². The summed E-state index contributed by atoms with van der Waals surface area (Å²) in [5.74, 6) is -1.46. The van der Waals surface area contributed by atoms with Crippen LogP contribution in [0.4, 0.5) is 4.79 Å². The fraction of sp³-hybridized carbons (Fsp3) is 0.833. The number of carboxylic acids is 1. The number of carbonyl (C=O) groups is 2. The van der Waals surface area contributed by atoms with Gasteiger partial charge in [0.05, 0.1) is 12.5 Å². The van der Waals surface area contributed by atoms with Crippen molar-refractivity contribution in [3.63, 3.8) is 0 Å². The molecule has 0 aliphatic heterocycles. The Morgan fingerprint density at radius 1 is 1.28 bits per heavy atom. The molecule has 1 atom stereocenters. The Kier molecular flexibility index (Phi) is 7.35. The summed E-state index contributed by atoms with van der Waals surface area (Å²) in [7, 11) is 1.55. The molecule has 0 bridgehead atoms. The van der Waals surface area contributed by atoms with Crippen LogP contribution in [0.15, 0.2) is 0 Å². The van der Waals surface area contributed by atoms with Crippen LogP contribution in [0.1, 0.15) is 27.2 Å². The molecule has 0 saturated heterocycles. The number of carboxylic acid groups (broad SMARTS) is 1. The van der Waals surface area contributed by atoms with E-state index in [0.717, 1.165) is 0 Å². The Bertz CT molecular complexity index is 274. The zero-order chi connectivity index (χ0) is 14.2. The van der Waals surface area contributed by atoms with Crippen LogP contribution in [0, 0.1) is 11.3 Å². The number of carbonyl (C=O) groups excluding carboxylic acids is 1. The van der Waals surface area contributed by atoms with Crippen molar-refractivity contribution in [3.8, 4) is 0 Å². The van der Waals surface area contributed by atoms with E-state index in [1.165, 1.54) is 0 Å². The zero-order valence-corrected chi connectivity index (χ0v) is 11.6. The van der Waals surface area contributed by atoms with Crippen LogP contribution in [0.2, 0.25) is 0 Å². The molecule has 0 radical (unpaired) electrons. The molecule has 0 aromatic carbocycles. The lowest BCUT2D eigenvalue weighted by Crippen LogP contribution is -2.41. The normalized spacial score (nSPS) is 12.9. The molecule has 0 heterocycles. The van der Waals surface area contributed by atoms with Crippen molar-refractivity contribution < 1.29 is 19.4 Å². The Morgan fingerprint density at radius 3 is 2.33 bits per heavy atom. The largest absolute Gasteiger partial charge is 0.481 e. The standard InChI is InChI=1S/C12H24N2O4/c1-12(2,3)7-9(10(15)16)8-14-11(17)13-5-6-18-4/h9H,5-8H2,1-4H3,(H,15,16)(H2,13,14,17). The molecule has 0 aromatic heterocycles. The first kappa shape index (κ1) is 16.7. The number of rotatable bonds is 7. The smallest absolute Gasteiger partial charge is 0.314 e. The van der Waals surface area contributed by atoms with E-state index in [2.05, 4.69) is 10.6 Å². The molecule has 0 aromatic rings. The van der Waals surface area contributed by atoms with Crippen LogP contribution in [-0.4, -0.2) is 43.9 Å². The van der Waals surface area contributed by atoms with E-state index < -0.39 is 11.9 Å². The molecule has 6 nitrogen and oxygen atoms in total. The molecular formula is C12H24N2O4. The maximum Gasteiger partial charge on any atom is 0.314 e. The molecule has 0 aliphatic carbocycles. The molecule has 2 amide bonds. The summed E-state index contributed by atoms with van der Waals surface area (Å²) in [5.41, 5.74) is -0.0860. The van der Waals surface area contributed by atoms with Crippen molar-refractivity contribution in [3.05, 3.63) is 0 Å². The lowest BCUT2D eigenvalue weighted by molar-refractivity contribution is -0.142. The summed E-state index contributed by atoms with van der Waals surface area (Å²) in [4.78, 5) is 22.4. The van der Waals surface area contributed by atoms with Crippen LogP contribution < -0.4 is 10.6 Å². The molecule has 18 heavy (non-hydrogen) atoms. The van der Waals surface area contributed by atoms with Crippen LogP contribution >= 0.6 is 0 Å². The molecule has 0 saturated carbocycles. The Hall–Kier alpha value is -1.30. The van der Waals surface area contributed by atoms with Gasteiger partial charge in [0.25, 0.3) is 0 Å². The SMILES string of the molecule is COCCNC(=O)NCC(CC(C)(C)C)C(=O)O. The summed E-state index contributed by atoms with van der Waals surface area (Å²) >= 11 is 0. The van der Waals surface area contributed by atoms with Gasteiger partial charge in [-0.05, 0) is 11.8 Å². The van der Waals surface area contributed by atoms with Gasteiger partial charge in [0.2, 0.25) is 0 Å². The van der Waals surface area contributed by atoms with Crippen LogP contribution in [0.5, 0.6) is 0 Å². The summed E-state index contributed by atoms with van der Waals surface area (Å²) in [6.45, 7) is 6.88. The fourth-order valence-corrected chi connectivity index (χ4v) is 1.53. The minimum atomic E-state index is -0.887. The second-order valence-corrected chi connectivity index (χ2v) is 5.43. The Morgan fingerprint density at radius 2 is 1.89 bits per heavy atom. The molecule has 0 spiro atoms. The molecule has 3 N–H and O–H groups in total. The first-order chi connectivity index (χ1) is 8.26. The van der Waals surface area contributed by atoms with Crippen molar-refractivity contribution >= 4 is 12.0 Å². The number of aliphatic carboxylic acids is 1. The van der Waals surface area contributed by atoms with E-state index in [1.54, 1.807) is 7.11 Å². The molecule has 0 aliphatic rings. The van der Waals surface area contributed by atoms with Crippen molar-refractivity contribution in [1.82, 2.24) is 10.6 Å². The first-order valence-corrected chi connectivity index (χ1v) is 5.99. The maximum absolute atomic E-state index is 11.3. The van der Waals surface area contributed by atoms with E-state index in [0.29, 0.717) is 19.6 Å². The lowest BCUT2D eigenvalue weighted by Gasteiger charge is -2.23. The predicted molar refractivity (Wildman–Crippen MR) is 68.5 cm³/mol. The number of methoxy groups -OCH3 is 1. The monoisotopic (exact) mass is 260 g/mol. The predicted octanol–water partition coefficient (Wildman–Crippen LogP) is 1.07. The van der Waals surface area contributed by atoms with E-state index in [4.69, 9.17) is 9.84 Å². The van der Waals surface area contributed by atoms with Crippen molar-refractivity contribution in [2.24, 2.45) is 11.3 Å². The Labute approximate surface area is 108 Å². The van der Waals surface area contributed by atoms with Crippen LogP contribution in [0.3, 0.4) is 0 Å². The van der Waals surface area contributed by atoms with Gasteiger partial charge in [-0.25, -0.2) is 4.79 Å². The third-order valence-corrected chi connectivity index (χ3v) is 2.31. The molecule has 6 heteroatoms. The molecular weight excluding hydrogens is 236 g/mol. The zero-order valence-electron chi connectivity index (χ0n) is 11.6. The summed E-state index contributed by atoms with van der Waals surface area (Å²) in [5, 5.41) is 14.2. The summed E-state index contributed by atoms with van der Waals surface area (Å²) in [6.07, 6.45) is 0.515. The highest BCUT2D eigenvalue weighted by molar-refractivity contribution is 5.75. The van der Waals surface area contributed by atoms with E-state index >= 15 is 0 Å². The van der Waals surface area contributed by atoms with Crippen molar-refractivity contribution in [1.29, 1.82) is 0 Å². The third-order valence-electron chi connectivity index (χ3n) is 2.31. The first-order valence-electron chi connectivity index (χ1n) is 5.99.